The summed E-state index contributed by atoms with van der Waals surface area (Å²) < 4.78 is 24.3. The van der Waals surface area contributed by atoms with Crippen molar-refractivity contribution in [1.29, 1.82) is 0 Å². The molecule has 0 fully saturated rings. The van der Waals surface area contributed by atoms with Crippen molar-refractivity contribution in [3.63, 3.8) is 0 Å². The van der Waals surface area contributed by atoms with E-state index in [0.29, 0.717) is 52.3 Å². The largest absolute Gasteiger partial charge is 0.490 e. The van der Waals surface area contributed by atoms with Gasteiger partial charge in [0.1, 0.15) is 5.82 Å². The second kappa shape index (κ2) is 8.44. The van der Waals surface area contributed by atoms with Crippen LogP contribution < -0.4 is 14.5 Å². The summed E-state index contributed by atoms with van der Waals surface area (Å²) in [7, 11) is 0. The van der Waals surface area contributed by atoms with Gasteiger partial charge >= 0.3 is 0 Å². The maximum atomic E-state index is 13.2. The molecule has 1 heterocycles. The van der Waals surface area contributed by atoms with Crippen molar-refractivity contribution in [2.24, 2.45) is 5.10 Å². The van der Waals surface area contributed by atoms with E-state index in [2.05, 4.69) is 5.10 Å². The molecule has 3 rings (SSSR count). The maximum absolute atomic E-state index is 13.2. The number of ether oxygens (including phenoxy) is 2. The summed E-state index contributed by atoms with van der Waals surface area (Å²) in [5, 5.41) is 5.94. The minimum atomic E-state index is -0.376. The van der Waals surface area contributed by atoms with Crippen LogP contribution in [0.2, 0.25) is 5.02 Å². The highest BCUT2D eigenvalue weighted by molar-refractivity contribution is 6.33. The Hall–Kier alpha value is -2.86. The van der Waals surface area contributed by atoms with Gasteiger partial charge in [-0.2, -0.15) is 10.1 Å². The molecule has 0 unspecified atom stereocenters. The third-order valence-electron chi connectivity index (χ3n) is 4.07. The SMILES string of the molecule is CCOc1cc(/C=C2\C(=O)N(c3ccc(F)cc3)N=C2C)cc(Cl)c1OCC. The lowest BCUT2D eigenvalue weighted by atomic mass is 10.1. The standard InChI is InChI=1S/C21H20ClFN2O3/c1-4-27-19-12-14(11-18(22)20(19)28-5-2)10-17-13(3)24-25(21(17)26)16-8-6-15(23)7-9-16/h6-12H,4-5H2,1-3H3/b17-10-. The summed E-state index contributed by atoms with van der Waals surface area (Å²) in [5.41, 5.74) is 2.16. The number of hydrazone groups is 1. The molecule has 0 saturated heterocycles. The summed E-state index contributed by atoms with van der Waals surface area (Å²) in [6, 6.07) is 9.07. The van der Waals surface area contributed by atoms with Crippen molar-refractivity contribution in [1.82, 2.24) is 0 Å². The molecule has 0 saturated carbocycles. The average molecular weight is 403 g/mol. The van der Waals surface area contributed by atoms with E-state index >= 15 is 0 Å². The third-order valence-corrected chi connectivity index (χ3v) is 4.35. The van der Waals surface area contributed by atoms with Crippen LogP contribution in [0.1, 0.15) is 26.3 Å². The first kappa shape index (κ1) is 19.9. The lowest BCUT2D eigenvalue weighted by Crippen LogP contribution is -2.21. The average Bonchev–Trinajstić information content (AvgIpc) is 2.94. The third kappa shape index (κ3) is 4.02. The van der Waals surface area contributed by atoms with Gasteiger partial charge in [0, 0.05) is 0 Å². The fourth-order valence-corrected chi connectivity index (χ4v) is 3.10. The fourth-order valence-electron chi connectivity index (χ4n) is 2.83. The molecule has 5 nitrogen and oxygen atoms in total. The van der Waals surface area contributed by atoms with Crippen LogP contribution in [0.4, 0.5) is 10.1 Å². The Morgan fingerprint density at radius 1 is 1.14 bits per heavy atom. The number of benzene rings is 2. The zero-order valence-electron chi connectivity index (χ0n) is 15.8. The molecule has 1 amide bonds. The quantitative estimate of drug-likeness (QED) is 0.633. The van der Waals surface area contributed by atoms with Gasteiger partial charge in [0.05, 0.1) is 35.2 Å². The number of carbonyl (C=O) groups is 1. The molecule has 2 aromatic carbocycles. The molecule has 0 radical (unpaired) electrons. The number of anilines is 1. The number of rotatable bonds is 6. The second-order valence-corrected chi connectivity index (χ2v) is 6.44. The van der Waals surface area contributed by atoms with E-state index in [0.717, 1.165) is 0 Å². The molecule has 1 aliphatic heterocycles. The van der Waals surface area contributed by atoms with Crippen LogP contribution in [0, 0.1) is 5.82 Å². The number of amides is 1. The van der Waals surface area contributed by atoms with Crippen LogP contribution in [0.15, 0.2) is 47.1 Å². The lowest BCUT2D eigenvalue weighted by molar-refractivity contribution is -0.114. The van der Waals surface area contributed by atoms with Crippen molar-refractivity contribution in [2.45, 2.75) is 20.8 Å². The van der Waals surface area contributed by atoms with Gasteiger partial charge in [-0.05, 0) is 68.8 Å². The number of nitrogens with zero attached hydrogens (tertiary/aromatic N) is 2. The molecule has 0 aliphatic carbocycles. The van der Waals surface area contributed by atoms with Gasteiger partial charge in [-0.1, -0.05) is 11.6 Å². The van der Waals surface area contributed by atoms with Gasteiger partial charge < -0.3 is 9.47 Å². The molecule has 0 bridgehead atoms. The highest BCUT2D eigenvalue weighted by Crippen LogP contribution is 2.37. The van der Waals surface area contributed by atoms with E-state index in [1.807, 2.05) is 13.8 Å². The highest BCUT2D eigenvalue weighted by Gasteiger charge is 2.29. The van der Waals surface area contributed by atoms with Gasteiger partial charge in [-0.3, -0.25) is 4.79 Å². The summed E-state index contributed by atoms with van der Waals surface area (Å²) in [5.74, 6) is 0.315. The Balaban J connectivity index is 1.96. The highest BCUT2D eigenvalue weighted by atomic mass is 35.5. The minimum Gasteiger partial charge on any atom is -0.490 e. The normalized spacial score (nSPS) is 15.2. The Morgan fingerprint density at radius 3 is 2.46 bits per heavy atom. The molecule has 0 N–H and O–H groups in total. The Kier molecular flexibility index (Phi) is 5.99. The minimum absolute atomic E-state index is 0.299. The second-order valence-electron chi connectivity index (χ2n) is 6.03. The lowest BCUT2D eigenvalue weighted by Gasteiger charge is -2.14. The van der Waals surface area contributed by atoms with Gasteiger partial charge in [-0.25, -0.2) is 4.39 Å². The van der Waals surface area contributed by atoms with Crippen molar-refractivity contribution in [2.75, 3.05) is 18.2 Å². The van der Waals surface area contributed by atoms with E-state index in [4.69, 9.17) is 21.1 Å². The molecule has 0 spiro atoms. The van der Waals surface area contributed by atoms with Gasteiger partial charge in [0.25, 0.3) is 5.91 Å². The monoisotopic (exact) mass is 402 g/mol. The van der Waals surface area contributed by atoms with Gasteiger partial charge in [0.15, 0.2) is 11.5 Å². The molecule has 28 heavy (non-hydrogen) atoms. The first-order valence-corrected chi connectivity index (χ1v) is 9.28. The summed E-state index contributed by atoms with van der Waals surface area (Å²) >= 11 is 6.35. The van der Waals surface area contributed by atoms with E-state index < -0.39 is 0 Å². The Labute approximate surface area is 168 Å². The van der Waals surface area contributed by atoms with Gasteiger partial charge in [-0.15, -0.1) is 0 Å². The molecule has 0 aromatic heterocycles. The summed E-state index contributed by atoms with van der Waals surface area (Å²) in [6.45, 7) is 6.38. The van der Waals surface area contributed by atoms with Crippen molar-refractivity contribution in [3.8, 4) is 11.5 Å². The van der Waals surface area contributed by atoms with Crippen molar-refractivity contribution in [3.05, 3.63) is 58.4 Å². The van der Waals surface area contributed by atoms with Crippen LogP contribution in [0.3, 0.4) is 0 Å². The number of hydrogen-bond acceptors (Lipinski definition) is 4. The predicted octanol–water partition coefficient (Wildman–Crippen LogP) is 5.08. The van der Waals surface area contributed by atoms with Crippen LogP contribution in [0.5, 0.6) is 11.5 Å². The molecule has 7 heteroatoms. The first-order valence-electron chi connectivity index (χ1n) is 8.91. The number of carbonyl (C=O) groups excluding carboxylic acids is 1. The Bertz CT molecular complexity index is 955. The summed E-state index contributed by atoms with van der Waals surface area (Å²) in [6.07, 6.45) is 1.70. The summed E-state index contributed by atoms with van der Waals surface area (Å²) in [4.78, 5) is 12.8. The van der Waals surface area contributed by atoms with Crippen molar-refractivity contribution < 1.29 is 18.7 Å². The molecule has 0 atom stereocenters. The molecular formula is C21H20ClFN2O3. The van der Waals surface area contributed by atoms with Crippen LogP contribution in [-0.4, -0.2) is 24.8 Å². The predicted molar refractivity (Wildman–Crippen MR) is 109 cm³/mol. The van der Waals surface area contributed by atoms with E-state index in [9.17, 15) is 9.18 Å². The van der Waals surface area contributed by atoms with E-state index in [1.54, 1.807) is 25.1 Å². The van der Waals surface area contributed by atoms with E-state index in [1.165, 1.54) is 29.3 Å². The zero-order valence-corrected chi connectivity index (χ0v) is 16.6. The molecule has 146 valence electrons. The number of halogens is 2. The van der Waals surface area contributed by atoms with Crippen molar-refractivity contribution >= 4 is 35.0 Å². The van der Waals surface area contributed by atoms with E-state index in [-0.39, 0.29) is 11.7 Å². The molecular weight excluding hydrogens is 383 g/mol. The van der Waals surface area contributed by atoms with Gasteiger partial charge in [0.2, 0.25) is 0 Å². The topological polar surface area (TPSA) is 51.1 Å². The molecule has 2 aromatic rings. The fraction of sp³-hybridized carbons (Fsp3) is 0.238. The maximum Gasteiger partial charge on any atom is 0.280 e. The number of hydrogen-bond donors (Lipinski definition) is 0. The first-order chi connectivity index (χ1) is 13.4. The molecule has 1 aliphatic rings. The van der Waals surface area contributed by atoms with Crippen LogP contribution >= 0.6 is 11.6 Å². The Morgan fingerprint density at radius 2 is 1.82 bits per heavy atom. The smallest absolute Gasteiger partial charge is 0.280 e. The van der Waals surface area contributed by atoms with Crippen LogP contribution in [-0.2, 0) is 4.79 Å². The zero-order chi connectivity index (χ0) is 20.3. The van der Waals surface area contributed by atoms with Crippen LogP contribution in [0.25, 0.3) is 6.08 Å².